The Bertz CT molecular complexity index is 152. The maximum Gasteiger partial charge on any atom is 0.115 e. The summed E-state index contributed by atoms with van der Waals surface area (Å²) >= 11 is 0. The number of hydrogen-bond donors (Lipinski definition) is 2. The van der Waals surface area contributed by atoms with Gasteiger partial charge >= 0.3 is 0 Å². The van der Waals surface area contributed by atoms with Crippen molar-refractivity contribution in [3.63, 3.8) is 0 Å². The zero-order valence-corrected chi connectivity index (χ0v) is 5.89. The minimum absolute atomic E-state index is 0. The number of nitrogen functional groups attached to an aromatic ring is 1. The standard InChI is InChI=1S/C6H7NO.Mn/c7-5-1-3-6(8)4-2-5;/h1-4,8H,7H2;. The van der Waals surface area contributed by atoms with Gasteiger partial charge in [0.25, 0.3) is 0 Å². The molecule has 49 valence electrons. The van der Waals surface area contributed by atoms with Gasteiger partial charge in [0.05, 0.1) is 0 Å². The molecule has 0 amide bonds. The molecule has 0 atom stereocenters. The van der Waals surface area contributed by atoms with E-state index in [9.17, 15) is 0 Å². The number of anilines is 1. The monoisotopic (exact) mass is 164 g/mol. The maximum absolute atomic E-state index is 8.70. The average Bonchev–Trinajstić information content (AvgIpc) is 1.77. The van der Waals surface area contributed by atoms with Crippen LogP contribution in [0.3, 0.4) is 0 Å². The molecule has 0 spiro atoms. The molecule has 1 aromatic rings. The van der Waals surface area contributed by atoms with Crippen LogP contribution >= 0.6 is 0 Å². The van der Waals surface area contributed by atoms with E-state index in [1.54, 1.807) is 24.3 Å². The van der Waals surface area contributed by atoms with Gasteiger partial charge in [-0.15, -0.1) is 0 Å². The molecule has 3 N–H and O–H groups in total. The molecule has 1 rings (SSSR count). The molecule has 0 aliphatic heterocycles. The van der Waals surface area contributed by atoms with Crippen LogP contribution in [-0.2, 0) is 17.1 Å². The minimum atomic E-state index is 0. The van der Waals surface area contributed by atoms with Gasteiger partial charge in [-0.1, -0.05) is 0 Å². The zero-order chi connectivity index (χ0) is 5.98. The van der Waals surface area contributed by atoms with Gasteiger partial charge in [0, 0.05) is 22.8 Å². The van der Waals surface area contributed by atoms with Crippen LogP contribution in [0.25, 0.3) is 0 Å². The number of nitrogens with two attached hydrogens (primary N) is 1. The summed E-state index contributed by atoms with van der Waals surface area (Å²) in [4.78, 5) is 0. The first kappa shape index (κ1) is 8.34. The van der Waals surface area contributed by atoms with Gasteiger partial charge in [-0.2, -0.15) is 0 Å². The number of aromatic hydroxyl groups is 1. The van der Waals surface area contributed by atoms with E-state index < -0.39 is 0 Å². The van der Waals surface area contributed by atoms with Gasteiger partial charge in [-0.25, -0.2) is 0 Å². The fraction of sp³-hybridized carbons (Fsp3) is 0. The first-order valence-corrected chi connectivity index (χ1v) is 2.33. The molecule has 1 aromatic carbocycles. The first-order chi connectivity index (χ1) is 3.79. The molecule has 2 nitrogen and oxygen atoms in total. The van der Waals surface area contributed by atoms with Crippen molar-refractivity contribution in [1.29, 1.82) is 0 Å². The molecule has 9 heavy (non-hydrogen) atoms. The molecule has 0 bridgehead atoms. The molecule has 0 fully saturated rings. The summed E-state index contributed by atoms with van der Waals surface area (Å²) in [6.45, 7) is 0. The van der Waals surface area contributed by atoms with Crippen molar-refractivity contribution >= 4 is 5.69 Å². The molecule has 0 saturated heterocycles. The van der Waals surface area contributed by atoms with Crippen LogP contribution in [0.4, 0.5) is 5.69 Å². The Morgan fingerprint density at radius 2 is 1.56 bits per heavy atom. The van der Waals surface area contributed by atoms with E-state index in [0.717, 1.165) is 0 Å². The fourth-order valence-electron chi connectivity index (χ4n) is 0.474. The third-order valence-corrected chi connectivity index (χ3v) is 0.893. The Morgan fingerprint density at radius 1 is 1.11 bits per heavy atom. The third kappa shape index (κ3) is 2.40. The van der Waals surface area contributed by atoms with Crippen LogP contribution < -0.4 is 5.73 Å². The van der Waals surface area contributed by atoms with Crippen LogP contribution in [0.2, 0.25) is 0 Å². The van der Waals surface area contributed by atoms with Crippen LogP contribution in [0.15, 0.2) is 24.3 Å². The summed E-state index contributed by atoms with van der Waals surface area (Å²) in [5.41, 5.74) is 5.98. The molecular formula is C6H7MnNO. The molecule has 0 saturated carbocycles. The molecular weight excluding hydrogens is 157 g/mol. The summed E-state index contributed by atoms with van der Waals surface area (Å²) in [7, 11) is 0. The molecule has 0 unspecified atom stereocenters. The van der Waals surface area contributed by atoms with E-state index in [0.29, 0.717) is 5.69 Å². The summed E-state index contributed by atoms with van der Waals surface area (Å²) in [6, 6.07) is 6.40. The molecule has 3 heteroatoms. The van der Waals surface area contributed by atoms with Crippen molar-refractivity contribution in [3.8, 4) is 5.75 Å². The molecule has 1 radical (unpaired) electrons. The van der Waals surface area contributed by atoms with Crippen molar-refractivity contribution in [1.82, 2.24) is 0 Å². The van der Waals surface area contributed by atoms with Gasteiger partial charge < -0.3 is 10.8 Å². The zero-order valence-electron chi connectivity index (χ0n) is 4.71. The predicted octanol–water partition coefficient (Wildman–Crippen LogP) is 0.972. The van der Waals surface area contributed by atoms with Gasteiger partial charge in [0.1, 0.15) is 5.75 Å². The molecule has 0 heterocycles. The summed E-state index contributed by atoms with van der Waals surface area (Å²) < 4.78 is 0. The quantitative estimate of drug-likeness (QED) is 0.341. The Balaban J connectivity index is 0.000000640. The van der Waals surface area contributed by atoms with E-state index >= 15 is 0 Å². The topological polar surface area (TPSA) is 46.2 Å². The SMILES string of the molecule is Nc1ccc(O)cc1.[Mn]. The van der Waals surface area contributed by atoms with Gasteiger partial charge in [-0.05, 0) is 24.3 Å². The van der Waals surface area contributed by atoms with Crippen LogP contribution in [0.5, 0.6) is 5.75 Å². The fourth-order valence-corrected chi connectivity index (χ4v) is 0.474. The first-order valence-electron chi connectivity index (χ1n) is 2.33. The summed E-state index contributed by atoms with van der Waals surface area (Å²) in [6.07, 6.45) is 0. The van der Waals surface area contributed by atoms with E-state index in [1.807, 2.05) is 0 Å². The number of phenols is 1. The Kier molecular flexibility index (Phi) is 3.13. The van der Waals surface area contributed by atoms with Crippen molar-refractivity contribution < 1.29 is 22.2 Å². The second-order valence-electron chi connectivity index (χ2n) is 1.59. The van der Waals surface area contributed by atoms with Crippen molar-refractivity contribution in [2.75, 3.05) is 5.73 Å². The molecule has 0 aliphatic carbocycles. The van der Waals surface area contributed by atoms with E-state index in [4.69, 9.17) is 10.8 Å². The largest absolute Gasteiger partial charge is 0.508 e. The number of benzene rings is 1. The van der Waals surface area contributed by atoms with Gasteiger partial charge in [0.15, 0.2) is 0 Å². The van der Waals surface area contributed by atoms with Crippen LogP contribution in [-0.4, -0.2) is 5.11 Å². The maximum atomic E-state index is 8.70. The minimum Gasteiger partial charge on any atom is -0.508 e. The number of hydrogen-bond acceptors (Lipinski definition) is 2. The molecule has 0 aliphatic rings. The van der Waals surface area contributed by atoms with Gasteiger partial charge in [0.2, 0.25) is 0 Å². The Morgan fingerprint density at radius 3 is 1.89 bits per heavy atom. The van der Waals surface area contributed by atoms with E-state index in [-0.39, 0.29) is 22.8 Å². The summed E-state index contributed by atoms with van der Waals surface area (Å²) in [5, 5.41) is 8.70. The average molecular weight is 164 g/mol. The number of rotatable bonds is 0. The van der Waals surface area contributed by atoms with Crippen molar-refractivity contribution in [3.05, 3.63) is 24.3 Å². The third-order valence-electron chi connectivity index (χ3n) is 0.893. The Labute approximate surface area is 64.2 Å². The van der Waals surface area contributed by atoms with Crippen molar-refractivity contribution in [2.24, 2.45) is 0 Å². The Hall–Kier alpha value is -0.661. The second-order valence-corrected chi connectivity index (χ2v) is 1.59. The smallest absolute Gasteiger partial charge is 0.115 e. The predicted molar refractivity (Wildman–Crippen MR) is 32.5 cm³/mol. The van der Waals surface area contributed by atoms with Crippen LogP contribution in [0.1, 0.15) is 0 Å². The van der Waals surface area contributed by atoms with E-state index in [2.05, 4.69) is 0 Å². The second kappa shape index (κ2) is 3.38. The summed E-state index contributed by atoms with van der Waals surface area (Å²) in [5.74, 6) is 0.249. The molecule has 0 aromatic heterocycles. The van der Waals surface area contributed by atoms with Crippen LogP contribution in [0, 0.1) is 0 Å². The normalized spacial score (nSPS) is 8.00. The van der Waals surface area contributed by atoms with Crippen molar-refractivity contribution in [2.45, 2.75) is 0 Å². The number of phenolic OH excluding ortho intramolecular Hbond substituents is 1. The van der Waals surface area contributed by atoms with Gasteiger partial charge in [-0.3, -0.25) is 0 Å². The van der Waals surface area contributed by atoms with E-state index in [1.165, 1.54) is 0 Å².